The molecule has 2 N–H and O–H groups in total. The number of ether oxygens (including phenoxy) is 2. The largest absolute Gasteiger partial charge is 0.496 e. The summed E-state index contributed by atoms with van der Waals surface area (Å²) in [6, 6.07) is 13.4. The summed E-state index contributed by atoms with van der Waals surface area (Å²) >= 11 is 0. The van der Waals surface area contributed by atoms with Gasteiger partial charge < -0.3 is 34.1 Å². The van der Waals surface area contributed by atoms with Crippen molar-refractivity contribution in [2.24, 2.45) is 11.3 Å². The molecule has 5 fully saturated rings. The van der Waals surface area contributed by atoms with Crippen molar-refractivity contribution in [3.05, 3.63) is 83.1 Å². The number of nitrogens with zero attached hydrogens (tertiary/aromatic N) is 5. The number of methoxy groups -OCH3 is 1. The van der Waals surface area contributed by atoms with Gasteiger partial charge in [0.05, 0.1) is 40.8 Å². The number of amides is 4. The number of hydrogen-bond acceptors (Lipinski definition) is 9. The fraction of sp³-hybridized carbons (Fsp3) is 0.467. The number of piperidine rings is 2. The van der Waals surface area contributed by atoms with Gasteiger partial charge in [0.2, 0.25) is 17.7 Å². The Morgan fingerprint density at radius 2 is 1.65 bits per heavy atom. The minimum Gasteiger partial charge on any atom is -0.496 e. The molecule has 0 unspecified atom stereocenters. The van der Waals surface area contributed by atoms with Crippen LogP contribution < -0.4 is 24.8 Å². The van der Waals surface area contributed by atoms with E-state index in [9.17, 15) is 19.2 Å². The third-order valence-corrected chi connectivity index (χ3v) is 14.0. The highest BCUT2D eigenvalue weighted by atomic mass is 19.1. The van der Waals surface area contributed by atoms with Crippen molar-refractivity contribution in [1.29, 1.82) is 0 Å². The van der Waals surface area contributed by atoms with Crippen LogP contribution >= 0.6 is 0 Å². The van der Waals surface area contributed by atoms with E-state index in [0.29, 0.717) is 97.2 Å². The number of H-pyrrole nitrogens is 1. The predicted octanol–water partition coefficient (Wildman–Crippen LogP) is 5.14. The first-order valence-electron chi connectivity index (χ1n) is 21.2. The third kappa shape index (κ3) is 6.39. The molecule has 0 bridgehead atoms. The zero-order chi connectivity index (χ0) is 41.3. The molecule has 4 amide bonds. The zero-order valence-electron chi connectivity index (χ0n) is 33.7. The molecule has 6 aliphatic heterocycles. The minimum absolute atomic E-state index is 0.111. The Balaban J connectivity index is 0.780. The van der Waals surface area contributed by atoms with Crippen LogP contribution in [0.25, 0.3) is 10.9 Å². The summed E-state index contributed by atoms with van der Waals surface area (Å²) in [6.45, 7) is 7.10. The molecule has 0 saturated carbocycles. The van der Waals surface area contributed by atoms with Crippen LogP contribution in [0, 0.1) is 23.0 Å². The zero-order valence-corrected chi connectivity index (χ0v) is 33.7. The molecule has 7 heterocycles. The quantitative estimate of drug-likeness (QED) is 0.184. The van der Waals surface area contributed by atoms with Crippen LogP contribution in [0.1, 0.15) is 66.1 Å². The highest BCUT2D eigenvalue weighted by Crippen LogP contribution is 2.60. The first-order valence-corrected chi connectivity index (χ1v) is 21.2. The summed E-state index contributed by atoms with van der Waals surface area (Å²) in [6.07, 6.45) is 4.68. The maximum atomic E-state index is 16.4. The maximum Gasteiger partial charge on any atom is 0.255 e. The van der Waals surface area contributed by atoms with Crippen LogP contribution in [0.5, 0.6) is 5.75 Å². The predicted molar refractivity (Wildman–Crippen MR) is 220 cm³/mol. The molecule has 10 rings (SSSR count). The van der Waals surface area contributed by atoms with Gasteiger partial charge in [-0.2, -0.15) is 0 Å². The van der Waals surface area contributed by atoms with Crippen LogP contribution in [-0.2, 0) is 25.7 Å². The number of hydrogen-bond donors (Lipinski definition) is 2. The molecule has 15 heteroatoms. The first-order chi connectivity index (χ1) is 29.1. The Bertz CT molecular complexity index is 2380. The fourth-order valence-corrected chi connectivity index (χ4v) is 10.7. The van der Waals surface area contributed by atoms with Gasteiger partial charge in [-0.05, 0) is 80.0 Å². The van der Waals surface area contributed by atoms with Crippen molar-refractivity contribution in [3.8, 4) is 5.75 Å². The standard InChI is InChI=1S/C45H49F2N7O6/c1-59-38-23-37(32(46)22-31(38)41-45(11-19-60-20-12-45)44(58)54(41)35-4-2-3-34-40(35)33(47)24-48-34)52-13-9-27(10-14-52)25-50-15-17-51(18-16-50)29-5-6-30-28(21-29)26-53(43(30)57)36-7-8-39(55)49-42(36)56/h2-6,21-24,27,36,41,48H,7-20,25-26H2,1H3,(H,49,55,56)/t36-,41-/m0/s1. The minimum atomic E-state index is -0.804. The number of aromatic amines is 1. The summed E-state index contributed by atoms with van der Waals surface area (Å²) in [5.74, 6) is -0.815. The molecule has 5 saturated heterocycles. The second-order valence-electron chi connectivity index (χ2n) is 17.2. The number of aromatic nitrogens is 1. The van der Waals surface area contributed by atoms with Crippen LogP contribution in [0.3, 0.4) is 0 Å². The number of carbonyl (C=O) groups is 4. The summed E-state index contributed by atoms with van der Waals surface area (Å²) in [4.78, 5) is 64.6. The normalized spacial score (nSPS) is 23.7. The van der Waals surface area contributed by atoms with E-state index in [1.807, 2.05) is 12.1 Å². The molecular weight excluding hydrogens is 773 g/mol. The number of carbonyl (C=O) groups excluding carboxylic acids is 4. The van der Waals surface area contributed by atoms with Gasteiger partial charge in [-0.15, -0.1) is 0 Å². The number of piperazine rings is 1. The van der Waals surface area contributed by atoms with Crippen LogP contribution in [0.15, 0.2) is 54.7 Å². The highest BCUT2D eigenvalue weighted by Gasteiger charge is 2.63. The summed E-state index contributed by atoms with van der Waals surface area (Å²) < 4.78 is 43.2. The number of imide groups is 1. The SMILES string of the molecule is COc1cc(N2CCC(CN3CCN(c4ccc5c(c4)CN([C@H]4CCC(=O)NC4=O)C5=O)CC3)CC2)c(F)cc1[C@@H]1N(c2cccc3[nH]cc(F)c23)C(=O)C12CCOCC2. The smallest absolute Gasteiger partial charge is 0.255 e. The number of anilines is 3. The van der Waals surface area contributed by atoms with Gasteiger partial charge in [0.25, 0.3) is 5.91 Å². The van der Waals surface area contributed by atoms with Gasteiger partial charge in [0.15, 0.2) is 5.82 Å². The van der Waals surface area contributed by atoms with E-state index in [0.717, 1.165) is 56.8 Å². The van der Waals surface area contributed by atoms with E-state index >= 15 is 8.78 Å². The molecule has 3 aromatic carbocycles. The maximum absolute atomic E-state index is 16.4. The van der Waals surface area contributed by atoms with E-state index in [-0.39, 0.29) is 30.0 Å². The molecule has 0 aliphatic carbocycles. The van der Waals surface area contributed by atoms with E-state index < -0.39 is 29.2 Å². The summed E-state index contributed by atoms with van der Waals surface area (Å²) in [5.41, 5.74) is 3.88. The van der Waals surface area contributed by atoms with E-state index in [1.165, 1.54) is 12.3 Å². The number of benzene rings is 3. The Morgan fingerprint density at radius 1 is 0.867 bits per heavy atom. The number of nitrogens with one attached hydrogen (secondary N) is 2. The number of rotatable bonds is 8. The summed E-state index contributed by atoms with van der Waals surface area (Å²) in [7, 11) is 1.57. The van der Waals surface area contributed by atoms with Crippen LogP contribution in [-0.4, -0.2) is 111 Å². The molecular formula is C45H49F2N7O6. The van der Waals surface area contributed by atoms with Gasteiger partial charge in [-0.3, -0.25) is 29.4 Å². The van der Waals surface area contributed by atoms with Gasteiger partial charge in [0.1, 0.15) is 17.6 Å². The molecule has 60 heavy (non-hydrogen) atoms. The van der Waals surface area contributed by atoms with Gasteiger partial charge in [-0.1, -0.05) is 6.07 Å². The lowest BCUT2D eigenvalue weighted by Gasteiger charge is -2.58. The van der Waals surface area contributed by atoms with E-state index in [1.54, 1.807) is 41.2 Å². The number of halogens is 2. The first kappa shape index (κ1) is 38.6. The number of β-lactam (4-membered cyclic amide) rings is 1. The lowest BCUT2D eigenvalue weighted by atomic mass is 9.62. The van der Waals surface area contributed by atoms with Crippen molar-refractivity contribution in [3.63, 3.8) is 0 Å². The second kappa shape index (κ2) is 15.2. The van der Waals surface area contributed by atoms with Crippen molar-refractivity contribution >= 4 is 51.6 Å². The van der Waals surface area contributed by atoms with E-state index in [2.05, 4.69) is 31.1 Å². The molecule has 0 radical (unpaired) electrons. The molecule has 6 aliphatic rings. The molecule has 1 spiro atoms. The average Bonchev–Trinajstić information content (AvgIpc) is 3.81. The van der Waals surface area contributed by atoms with Gasteiger partial charge in [0, 0.05) is 101 Å². The third-order valence-electron chi connectivity index (χ3n) is 14.0. The lowest BCUT2D eigenvalue weighted by molar-refractivity contribution is -0.149. The van der Waals surface area contributed by atoms with E-state index in [4.69, 9.17) is 9.47 Å². The van der Waals surface area contributed by atoms with Crippen molar-refractivity contribution in [2.75, 3.05) is 80.8 Å². The van der Waals surface area contributed by atoms with Gasteiger partial charge >= 0.3 is 0 Å². The fourth-order valence-electron chi connectivity index (χ4n) is 10.7. The molecule has 4 aromatic rings. The second-order valence-corrected chi connectivity index (χ2v) is 17.2. The topological polar surface area (TPSA) is 131 Å². The molecule has 314 valence electrons. The molecule has 2 atom stereocenters. The summed E-state index contributed by atoms with van der Waals surface area (Å²) in [5, 5.41) is 2.70. The monoisotopic (exact) mass is 821 g/mol. The highest BCUT2D eigenvalue weighted by molar-refractivity contribution is 6.12. The average molecular weight is 822 g/mol. The Morgan fingerprint density at radius 3 is 2.40 bits per heavy atom. The number of fused-ring (bicyclic) bond motifs is 2. The van der Waals surface area contributed by atoms with Crippen molar-refractivity contribution in [2.45, 2.75) is 57.2 Å². The lowest BCUT2D eigenvalue weighted by Crippen LogP contribution is -2.65. The van der Waals surface area contributed by atoms with Crippen LogP contribution in [0.4, 0.5) is 25.8 Å². The van der Waals surface area contributed by atoms with Crippen molar-refractivity contribution < 1.29 is 37.4 Å². The Kier molecular flexibility index (Phi) is 9.78. The molecule has 13 nitrogen and oxygen atoms in total. The van der Waals surface area contributed by atoms with Crippen LogP contribution in [0.2, 0.25) is 0 Å². The Hall–Kier alpha value is -5.54. The molecule has 1 aromatic heterocycles. The van der Waals surface area contributed by atoms with Crippen molar-refractivity contribution in [1.82, 2.24) is 20.1 Å². The van der Waals surface area contributed by atoms with Gasteiger partial charge in [-0.25, -0.2) is 8.78 Å². The Labute approximate surface area is 346 Å².